The summed E-state index contributed by atoms with van der Waals surface area (Å²) in [6.07, 6.45) is 56.5. The van der Waals surface area contributed by atoms with Crippen LogP contribution in [0.5, 0.6) is 0 Å². The molecule has 0 aromatic rings. The number of esters is 1. The number of carbonyl (C=O) groups excluding carboxylic acids is 2. The van der Waals surface area contributed by atoms with E-state index in [0.717, 1.165) is 77.0 Å². The molecule has 0 saturated heterocycles. The summed E-state index contributed by atoms with van der Waals surface area (Å²) in [7, 11) is -4.80. The molecule has 0 heterocycles. The van der Waals surface area contributed by atoms with Gasteiger partial charge in [-0.1, -0.05) is 148 Å². The van der Waals surface area contributed by atoms with Crippen LogP contribution >= 0.6 is 7.82 Å². The van der Waals surface area contributed by atoms with Gasteiger partial charge in [0.25, 0.3) is 0 Å². The lowest BCUT2D eigenvalue weighted by atomic mass is 10.1. The van der Waals surface area contributed by atoms with E-state index in [-0.39, 0.29) is 12.8 Å². The highest BCUT2D eigenvalue weighted by Gasteiger charge is 2.28. The summed E-state index contributed by atoms with van der Waals surface area (Å²) in [6.45, 7) is 2.19. The summed E-state index contributed by atoms with van der Waals surface area (Å²) in [5, 5.41) is 21.7. The van der Waals surface area contributed by atoms with Crippen molar-refractivity contribution in [1.29, 1.82) is 0 Å². The fourth-order valence-corrected chi connectivity index (χ4v) is 5.51. The van der Waals surface area contributed by atoms with Crippen molar-refractivity contribution in [2.24, 2.45) is 0 Å². The van der Waals surface area contributed by atoms with Crippen LogP contribution in [0.4, 0.5) is 0 Å². The molecule has 3 atom stereocenters. The maximum atomic E-state index is 12.3. The van der Waals surface area contributed by atoms with Gasteiger partial charge in [0.1, 0.15) is 12.7 Å². The minimum atomic E-state index is -4.80. The fraction of sp³-hybridized carbons (Fsp3) is 0.479. The maximum Gasteiger partial charge on any atom is 0.472 e. The van der Waals surface area contributed by atoms with Gasteiger partial charge in [-0.05, 0) is 89.9 Å². The molecule has 0 aliphatic carbocycles. The first-order valence-corrected chi connectivity index (χ1v) is 22.7. The van der Waals surface area contributed by atoms with Crippen LogP contribution in [0.15, 0.2) is 134 Å². The van der Waals surface area contributed by atoms with Crippen LogP contribution in [-0.2, 0) is 32.7 Å². The summed E-state index contributed by atoms with van der Waals surface area (Å²) in [6, 6.07) is -1.59. The number of rotatable bonds is 37. The number of phosphoric ester groups is 1. The summed E-state index contributed by atoms with van der Waals surface area (Å²) in [4.78, 5) is 45.8. The zero-order valence-electron chi connectivity index (χ0n) is 35.9. The van der Waals surface area contributed by atoms with Gasteiger partial charge in [0.2, 0.25) is 5.91 Å². The molecule has 11 nitrogen and oxygen atoms in total. The summed E-state index contributed by atoms with van der Waals surface area (Å²) in [5.41, 5.74) is 0. The molecule has 1 amide bonds. The number of nitrogens with one attached hydrogen (secondary N) is 1. The number of carboxylic acids is 1. The van der Waals surface area contributed by atoms with Crippen LogP contribution in [0.25, 0.3) is 0 Å². The lowest BCUT2D eigenvalue weighted by Gasteiger charge is -2.18. The number of phosphoric acid groups is 1. The number of hydrogen-bond donors (Lipinski definition) is 4. The number of aliphatic hydroxyl groups excluding tert-OH is 1. The topological polar surface area (TPSA) is 169 Å². The third-order valence-electron chi connectivity index (χ3n) is 7.97. The summed E-state index contributed by atoms with van der Waals surface area (Å²) >= 11 is 0. The summed E-state index contributed by atoms with van der Waals surface area (Å²) < 4.78 is 26.7. The Morgan fingerprint density at radius 1 is 0.550 bits per heavy atom. The van der Waals surface area contributed by atoms with Crippen LogP contribution in [0.1, 0.15) is 117 Å². The van der Waals surface area contributed by atoms with Crippen LogP contribution in [0, 0.1) is 0 Å². The fourth-order valence-electron chi connectivity index (χ4n) is 4.74. The van der Waals surface area contributed by atoms with Gasteiger partial charge in [-0.2, -0.15) is 0 Å². The number of ether oxygens (including phenoxy) is 1. The van der Waals surface area contributed by atoms with Crippen molar-refractivity contribution in [3.8, 4) is 0 Å². The Bertz CT molecular complexity index is 1520. The minimum Gasteiger partial charge on any atom is -0.480 e. The Labute approximate surface area is 360 Å². The second kappa shape index (κ2) is 41.4. The molecule has 0 rings (SSSR count). The van der Waals surface area contributed by atoms with E-state index in [9.17, 15) is 34.1 Å². The highest BCUT2D eigenvalue weighted by atomic mass is 31.2. The second-order valence-electron chi connectivity index (χ2n) is 13.4. The van der Waals surface area contributed by atoms with E-state index in [1.807, 2.05) is 24.3 Å². The average Bonchev–Trinajstić information content (AvgIpc) is 3.22. The van der Waals surface area contributed by atoms with E-state index in [1.54, 1.807) is 6.08 Å². The van der Waals surface area contributed by atoms with E-state index in [1.165, 1.54) is 0 Å². The van der Waals surface area contributed by atoms with Crippen LogP contribution in [0.3, 0.4) is 0 Å². The number of carbonyl (C=O) groups is 3. The Morgan fingerprint density at radius 3 is 1.35 bits per heavy atom. The van der Waals surface area contributed by atoms with Crippen LogP contribution < -0.4 is 5.32 Å². The third kappa shape index (κ3) is 40.4. The molecule has 0 spiro atoms. The standard InChI is InChI=1S/C48H72NO10P/c1-3-5-7-9-11-13-15-17-19-20-21-22-23-24-26-28-30-32-34-36-38-40-47(52)57-41-44(50)42-58-60(55,56)59-43-45(48(53)54)49-46(51)39-37-35-33-31-29-27-25-18-16-14-12-10-8-6-4-2/h5-8,11-14,17-19,21-22,24-26,29-32,36,38,44-45,50H,3-4,9-10,15-16,20,23,27-28,33-35,37,39-43H2,1-2H3,(H,49,51)(H,53,54)(H,55,56)/b7-5-,8-6-,13-11-,14-12-,19-17-,22-21-,25-18-,26-24-,31-29-,32-30-,38-36-. The summed E-state index contributed by atoms with van der Waals surface area (Å²) in [5.74, 6) is -2.60. The molecule has 0 radical (unpaired) electrons. The number of unbranched alkanes of at least 4 members (excludes halogenated alkanes) is 2. The zero-order valence-corrected chi connectivity index (χ0v) is 36.8. The molecule has 0 fully saturated rings. The molecule has 60 heavy (non-hydrogen) atoms. The van der Waals surface area contributed by atoms with Gasteiger partial charge in [0.05, 0.1) is 19.6 Å². The Morgan fingerprint density at radius 2 is 0.933 bits per heavy atom. The first-order valence-electron chi connectivity index (χ1n) is 21.2. The smallest absolute Gasteiger partial charge is 0.472 e. The first kappa shape index (κ1) is 55.6. The zero-order chi connectivity index (χ0) is 44.2. The maximum absolute atomic E-state index is 12.3. The molecule has 0 aliphatic heterocycles. The predicted molar refractivity (Wildman–Crippen MR) is 244 cm³/mol. The third-order valence-corrected chi connectivity index (χ3v) is 8.92. The molecular weight excluding hydrogens is 781 g/mol. The number of hydrogen-bond acceptors (Lipinski definition) is 8. The number of carboxylic acid groups (broad SMARTS) is 1. The molecule has 334 valence electrons. The van der Waals surface area contributed by atoms with E-state index in [0.29, 0.717) is 12.8 Å². The molecule has 0 aromatic heterocycles. The van der Waals surface area contributed by atoms with Crippen molar-refractivity contribution >= 4 is 25.7 Å². The minimum absolute atomic E-state index is 0.0224. The first-order chi connectivity index (χ1) is 29.1. The van der Waals surface area contributed by atoms with Crippen molar-refractivity contribution in [1.82, 2.24) is 5.32 Å². The molecule has 0 aromatic carbocycles. The second-order valence-corrected chi connectivity index (χ2v) is 14.9. The van der Waals surface area contributed by atoms with Crippen molar-refractivity contribution in [3.63, 3.8) is 0 Å². The lowest BCUT2D eigenvalue weighted by Crippen LogP contribution is -2.43. The lowest BCUT2D eigenvalue weighted by molar-refractivity contribution is -0.146. The van der Waals surface area contributed by atoms with E-state index < -0.39 is 57.6 Å². The highest BCUT2D eigenvalue weighted by Crippen LogP contribution is 2.43. The Balaban J connectivity index is 4.12. The monoisotopic (exact) mass is 853 g/mol. The van der Waals surface area contributed by atoms with Gasteiger partial charge in [-0.3, -0.25) is 18.6 Å². The largest absolute Gasteiger partial charge is 0.480 e. The van der Waals surface area contributed by atoms with Crippen LogP contribution in [-0.4, -0.2) is 64.9 Å². The number of allylic oxidation sites excluding steroid dienone is 21. The molecule has 4 N–H and O–H groups in total. The Hall–Kier alpha value is -4.38. The van der Waals surface area contributed by atoms with Crippen molar-refractivity contribution < 1.29 is 47.8 Å². The van der Waals surface area contributed by atoms with Gasteiger partial charge in [-0.25, -0.2) is 9.36 Å². The van der Waals surface area contributed by atoms with Crippen molar-refractivity contribution in [2.45, 2.75) is 129 Å². The van der Waals surface area contributed by atoms with Crippen LogP contribution in [0.2, 0.25) is 0 Å². The van der Waals surface area contributed by atoms with Gasteiger partial charge in [-0.15, -0.1) is 0 Å². The molecule has 0 aliphatic rings. The Kier molecular flexibility index (Phi) is 38.3. The normalized spacial score (nSPS) is 15.0. The highest BCUT2D eigenvalue weighted by molar-refractivity contribution is 7.47. The number of aliphatic carboxylic acids is 1. The van der Waals surface area contributed by atoms with Gasteiger partial charge < -0.3 is 25.2 Å². The van der Waals surface area contributed by atoms with Gasteiger partial charge in [0.15, 0.2) is 6.04 Å². The quantitative estimate of drug-likeness (QED) is 0.0204. The molecular formula is C48H72NO10P. The van der Waals surface area contributed by atoms with Crippen molar-refractivity contribution in [2.75, 3.05) is 19.8 Å². The predicted octanol–water partition coefficient (Wildman–Crippen LogP) is 11.0. The molecule has 3 unspecified atom stereocenters. The van der Waals surface area contributed by atoms with Gasteiger partial charge in [0, 0.05) is 6.42 Å². The van der Waals surface area contributed by atoms with E-state index >= 15 is 0 Å². The molecule has 0 bridgehead atoms. The SMILES string of the molecule is CC/C=C\C/C=C\C/C=C\C/C=C\C/C=C\C/C=C\C/C=C\CC(=O)OCC(O)COP(=O)(O)OCC(NC(=O)CCCC/C=C\C/C=C\C/C=C\C/C=C\CC)C(=O)O. The van der Waals surface area contributed by atoms with E-state index in [4.69, 9.17) is 13.8 Å². The van der Waals surface area contributed by atoms with Gasteiger partial charge >= 0.3 is 19.8 Å². The van der Waals surface area contributed by atoms with Crippen molar-refractivity contribution in [3.05, 3.63) is 134 Å². The molecule has 0 saturated carbocycles. The van der Waals surface area contributed by atoms with E-state index in [2.05, 4.69) is 122 Å². The molecule has 12 heteroatoms. The average molecular weight is 854 g/mol. The number of amides is 1. The number of aliphatic hydroxyl groups is 1.